The zero-order valence-electron chi connectivity index (χ0n) is 38.6. The number of carbonyl (C=O) groups is 7. The first-order valence-electron chi connectivity index (χ1n) is 22.1. The summed E-state index contributed by atoms with van der Waals surface area (Å²) >= 11 is 4.28. The molecule has 2 fully saturated rings. The normalized spacial score (nSPS) is 17.6. The molecule has 0 radical (unpaired) electrons. The van der Waals surface area contributed by atoms with Gasteiger partial charge in [0.25, 0.3) is 17.7 Å². The SMILES string of the molecule is CCC(C)(C)C(=O)C(=O)N1CCCC[C@H]1C(=O)O[C@H](CCc1ccc(OC)c(OC)c1)c1cccc(OCC(=O)NCCS(=O)(=O)NC(=O)c2cccc(NC(=O)[C@@H]3C[C@H](S)CN3C(=O)O)c2)c1. The van der Waals surface area contributed by atoms with Gasteiger partial charge in [0.1, 0.15) is 23.9 Å². The van der Waals surface area contributed by atoms with Crippen LogP contribution in [0.2, 0.25) is 0 Å². The number of carbonyl (C=O) groups excluding carboxylic acids is 6. The van der Waals surface area contributed by atoms with Crippen LogP contribution in [-0.4, -0.2) is 128 Å². The van der Waals surface area contributed by atoms with E-state index in [2.05, 4.69) is 23.3 Å². The van der Waals surface area contributed by atoms with E-state index in [4.69, 9.17) is 18.9 Å². The van der Waals surface area contributed by atoms with E-state index in [0.29, 0.717) is 49.2 Å². The van der Waals surface area contributed by atoms with E-state index in [9.17, 15) is 47.1 Å². The number of rotatable bonds is 21. The third kappa shape index (κ3) is 14.1. The van der Waals surface area contributed by atoms with E-state index in [1.807, 2.05) is 23.8 Å². The Hall–Kier alpha value is -6.35. The van der Waals surface area contributed by atoms with E-state index in [1.54, 1.807) is 44.2 Å². The lowest BCUT2D eigenvalue weighted by atomic mass is 9.84. The number of hydrogen-bond acceptors (Lipinski definition) is 14. The number of anilines is 1. The number of benzene rings is 3. The standard InChI is InChI=1S/C47H59N5O14S2/c1-6-47(2,3)41(54)44(57)51-21-8-7-15-35(51)45(58)66-37(18-16-29-17-19-38(63-4)39(23-29)64-5)30-11-10-14-33(25-30)65-28-40(53)48-20-22-68(61,62)50-42(55)31-12-9-13-32(24-31)49-43(56)36-26-34(67)27-52(36)46(59)60/h9-14,17,19,23-25,34-37,67H,6-8,15-16,18,20-22,26-28H2,1-5H3,(H,48,53)(H,49,56)(H,50,55)(H,59,60)/t34-,35-,36-,37+/m0/s1. The molecule has 2 aliphatic heterocycles. The van der Waals surface area contributed by atoms with Crippen molar-refractivity contribution in [2.75, 3.05) is 51.5 Å². The average molecular weight is 982 g/mol. The van der Waals surface area contributed by atoms with Gasteiger partial charge in [0.15, 0.2) is 18.1 Å². The first-order chi connectivity index (χ1) is 32.2. The van der Waals surface area contributed by atoms with E-state index in [-0.39, 0.29) is 54.7 Å². The molecule has 2 heterocycles. The summed E-state index contributed by atoms with van der Waals surface area (Å²) in [5.74, 6) is -3.62. The molecule has 0 unspecified atom stereocenters. The predicted octanol–water partition coefficient (Wildman–Crippen LogP) is 4.55. The van der Waals surface area contributed by atoms with Crippen LogP contribution in [0.4, 0.5) is 10.5 Å². The summed E-state index contributed by atoms with van der Waals surface area (Å²) in [6.45, 7) is 4.62. The minimum atomic E-state index is -4.27. The van der Waals surface area contributed by atoms with Crippen molar-refractivity contribution in [3.63, 3.8) is 0 Å². The van der Waals surface area contributed by atoms with Crippen molar-refractivity contribution in [2.24, 2.45) is 5.41 Å². The second-order valence-electron chi connectivity index (χ2n) is 17.1. The van der Waals surface area contributed by atoms with E-state index < -0.39 is 87.5 Å². The number of carboxylic acid groups (broad SMARTS) is 1. The van der Waals surface area contributed by atoms with Gasteiger partial charge < -0.3 is 39.6 Å². The molecule has 5 rings (SSSR count). The van der Waals surface area contributed by atoms with Crippen molar-refractivity contribution in [3.8, 4) is 17.2 Å². The number of sulfonamides is 1. The van der Waals surface area contributed by atoms with Crippen molar-refractivity contribution in [3.05, 3.63) is 83.4 Å². The molecular weight excluding hydrogens is 923 g/mol. The first kappa shape index (κ1) is 52.6. The third-order valence-corrected chi connectivity index (χ3v) is 13.5. The van der Waals surface area contributed by atoms with Crippen molar-refractivity contribution >= 4 is 69.8 Å². The molecule has 3 aromatic rings. The Balaban J connectivity index is 1.19. The Kier molecular flexibility index (Phi) is 18.3. The van der Waals surface area contributed by atoms with Crippen LogP contribution in [0, 0.1) is 5.41 Å². The number of ether oxygens (including phenoxy) is 4. The summed E-state index contributed by atoms with van der Waals surface area (Å²) in [4.78, 5) is 93.2. The molecule has 0 aromatic heterocycles. The Morgan fingerprint density at radius 1 is 0.912 bits per heavy atom. The fourth-order valence-corrected chi connectivity index (χ4v) is 8.91. The highest BCUT2D eigenvalue weighted by Gasteiger charge is 2.42. The van der Waals surface area contributed by atoms with E-state index in [0.717, 1.165) is 10.5 Å². The van der Waals surface area contributed by atoms with Crippen LogP contribution in [0.15, 0.2) is 66.7 Å². The summed E-state index contributed by atoms with van der Waals surface area (Å²) in [5, 5.41) is 14.1. The maximum absolute atomic E-state index is 14.0. The first-order valence-corrected chi connectivity index (χ1v) is 24.3. The Morgan fingerprint density at radius 2 is 1.65 bits per heavy atom. The largest absolute Gasteiger partial charge is 0.493 e. The van der Waals surface area contributed by atoms with Crippen LogP contribution in [0.1, 0.15) is 86.9 Å². The van der Waals surface area contributed by atoms with E-state index in [1.165, 1.54) is 43.4 Å². The van der Waals surface area contributed by atoms with Gasteiger partial charge in [-0.3, -0.25) is 28.9 Å². The van der Waals surface area contributed by atoms with Gasteiger partial charge in [0, 0.05) is 41.6 Å². The third-order valence-electron chi connectivity index (χ3n) is 11.9. The molecule has 2 saturated heterocycles. The summed E-state index contributed by atoms with van der Waals surface area (Å²) < 4.78 is 50.4. The van der Waals surface area contributed by atoms with E-state index >= 15 is 0 Å². The molecule has 0 bridgehead atoms. The lowest BCUT2D eigenvalue weighted by Gasteiger charge is -2.36. The number of nitrogens with zero attached hydrogens (tertiary/aromatic N) is 2. The zero-order chi connectivity index (χ0) is 49.8. The monoisotopic (exact) mass is 981 g/mol. The summed E-state index contributed by atoms with van der Waals surface area (Å²) in [7, 11) is -1.22. The second kappa shape index (κ2) is 23.6. The number of hydrogen-bond donors (Lipinski definition) is 5. The molecule has 68 heavy (non-hydrogen) atoms. The molecule has 0 spiro atoms. The number of ketones is 1. The van der Waals surface area contributed by atoms with Gasteiger partial charge in [-0.1, -0.05) is 45.0 Å². The molecule has 0 aliphatic carbocycles. The maximum Gasteiger partial charge on any atom is 0.408 e. The molecule has 21 heteroatoms. The summed E-state index contributed by atoms with van der Waals surface area (Å²) in [5.41, 5.74) is 0.511. The molecule has 2 aliphatic rings. The fraction of sp³-hybridized carbons (Fsp3) is 0.468. The lowest BCUT2D eigenvalue weighted by Crippen LogP contribution is -2.53. The maximum atomic E-state index is 14.0. The highest BCUT2D eigenvalue weighted by atomic mass is 32.2. The van der Waals surface area contributed by atoms with Gasteiger partial charge in [0.2, 0.25) is 21.7 Å². The van der Waals surface area contributed by atoms with Crippen molar-refractivity contribution in [2.45, 2.75) is 89.2 Å². The van der Waals surface area contributed by atoms with Gasteiger partial charge in [-0.25, -0.2) is 22.7 Å². The Morgan fingerprint density at radius 3 is 2.35 bits per heavy atom. The van der Waals surface area contributed by atoms with Crippen LogP contribution in [0.3, 0.4) is 0 Å². The van der Waals surface area contributed by atoms with Crippen LogP contribution in [0.5, 0.6) is 17.2 Å². The van der Waals surface area contributed by atoms with Gasteiger partial charge in [-0.2, -0.15) is 12.6 Å². The average Bonchev–Trinajstić information content (AvgIpc) is 3.73. The van der Waals surface area contributed by atoms with Crippen LogP contribution >= 0.6 is 12.6 Å². The molecule has 3 aromatic carbocycles. The second-order valence-corrected chi connectivity index (χ2v) is 19.7. The smallest absolute Gasteiger partial charge is 0.408 e. The van der Waals surface area contributed by atoms with Crippen LogP contribution < -0.4 is 29.6 Å². The van der Waals surface area contributed by atoms with Gasteiger partial charge >= 0.3 is 12.1 Å². The highest BCUT2D eigenvalue weighted by molar-refractivity contribution is 7.90. The molecule has 368 valence electrons. The Bertz CT molecular complexity index is 2470. The zero-order valence-corrected chi connectivity index (χ0v) is 40.4. The molecule has 4 atom stereocenters. The molecule has 4 N–H and O–H groups in total. The van der Waals surface area contributed by atoms with Crippen LogP contribution in [-0.2, 0) is 45.2 Å². The molecule has 19 nitrogen and oxygen atoms in total. The number of Topliss-reactive ketones (excluding diaryl/α,β-unsaturated/α-hetero) is 1. The number of nitrogens with one attached hydrogen (secondary N) is 3. The van der Waals surface area contributed by atoms with Gasteiger partial charge in [-0.05, 0) is 98.5 Å². The van der Waals surface area contributed by atoms with Crippen molar-refractivity contribution in [1.82, 2.24) is 19.8 Å². The minimum Gasteiger partial charge on any atom is -0.493 e. The van der Waals surface area contributed by atoms with Gasteiger partial charge in [0.05, 0.1) is 20.0 Å². The topological polar surface area (TPSA) is 253 Å². The number of esters is 1. The minimum absolute atomic E-state index is 0.0691. The van der Waals surface area contributed by atoms with Crippen molar-refractivity contribution < 1.29 is 66.0 Å². The summed E-state index contributed by atoms with van der Waals surface area (Å²) in [6.07, 6.45) is 0.816. The molecule has 5 amide bonds. The number of amides is 5. The van der Waals surface area contributed by atoms with Gasteiger partial charge in [-0.15, -0.1) is 0 Å². The lowest BCUT2D eigenvalue weighted by molar-refractivity contribution is -0.164. The Labute approximate surface area is 401 Å². The summed E-state index contributed by atoms with van der Waals surface area (Å²) in [6, 6.07) is 15.5. The highest BCUT2D eigenvalue weighted by Crippen LogP contribution is 2.33. The number of aryl methyl sites for hydroxylation is 1. The quantitative estimate of drug-likeness (QED) is 0.0558. The molecular formula is C47H59N5O14S2. The number of likely N-dealkylation sites (tertiary alicyclic amines) is 2. The number of piperidine rings is 1. The molecule has 0 saturated carbocycles. The number of thiol groups is 1. The van der Waals surface area contributed by atoms with Crippen molar-refractivity contribution in [1.29, 1.82) is 0 Å². The number of methoxy groups -OCH3 is 2. The predicted molar refractivity (Wildman–Crippen MR) is 252 cm³/mol. The van der Waals surface area contributed by atoms with Crippen LogP contribution in [0.25, 0.3) is 0 Å². The fourth-order valence-electron chi connectivity index (χ4n) is 7.66.